The molecule has 1 amide bonds. The number of methoxy groups -OCH3 is 1. The maximum Gasteiger partial charge on any atom is 0.256 e. The number of hydrogen-bond donors (Lipinski definition) is 1. The van der Waals surface area contributed by atoms with Crippen molar-refractivity contribution in [2.75, 3.05) is 30.4 Å². The van der Waals surface area contributed by atoms with Crippen LogP contribution < -0.4 is 10.2 Å². The van der Waals surface area contributed by atoms with Crippen LogP contribution in [0.25, 0.3) is 0 Å². The van der Waals surface area contributed by atoms with Crippen LogP contribution >= 0.6 is 11.3 Å². The van der Waals surface area contributed by atoms with Gasteiger partial charge in [0.2, 0.25) is 0 Å². The van der Waals surface area contributed by atoms with Crippen molar-refractivity contribution >= 4 is 28.6 Å². The van der Waals surface area contributed by atoms with Gasteiger partial charge in [0.25, 0.3) is 5.91 Å². The zero-order valence-corrected chi connectivity index (χ0v) is 12.7. The number of nitrogens with zero attached hydrogens (tertiary/aromatic N) is 1. The Labute approximate surface area is 128 Å². The minimum absolute atomic E-state index is 0.0652. The predicted octanol–water partition coefficient (Wildman–Crippen LogP) is 3.23. The van der Waals surface area contributed by atoms with Crippen molar-refractivity contribution in [1.29, 1.82) is 0 Å². The molecule has 1 aromatic carbocycles. The molecule has 0 radical (unpaired) electrons. The first kappa shape index (κ1) is 14.1. The Morgan fingerprint density at radius 3 is 2.76 bits per heavy atom. The quantitative estimate of drug-likeness (QED) is 0.943. The summed E-state index contributed by atoms with van der Waals surface area (Å²) in [5.41, 5.74) is 2.69. The first-order valence-corrected chi connectivity index (χ1v) is 7.92. The smallest absolute Gasteiger partial charge is 0.256 e. The van der Waals surface area contributed by atoms with Gasteiger partial charge >= 0.3 is 0 Å². The number of nitrogens with one attached hydrogen (secondary N) is 1. The van der Waals surface area contributed by atoms with Crippen LogP contribution in [0.3, 0.4) is 0 Å². The van der Waals surface area contributed by atoms with Crippen LogP contribution in [0.5, 0.6) is 0 Å². The van der Waals surface area contributed by atoms with Crippen molar-refractivity contribution < 1.29 is 9.53 Å². The summed E-state index contributed by atoms with van der Waals surface area (Å²) >= 11 is 1.52. The SMILES string of the molecule is CO[C@@H]1CCN(c2ccc(NC(=O)c3ccsc3)cc2)C1. The highest BCUT2D eigenvalue weighted by atomic mass is 32.1. The zero-order valence-electron chi connectivity index (χ0n) is 11.9. The van der Waals surface area contributed by atoms with E-state index >= 15 is 0 Å². The van der Waals surface area contributed by atoms with Crippen LogP contribution in [-0.2, 0) is 4.74 Å². The maximum absolute atomic E-state index is 12.0. The van der Waals surface area contributed by atoms with Gasteiger partial charge in [-0.05, 0) is 42.1 Å². The Hall–Kier alpha value is -1.85. The number of rotatable bonds is 4. The van der Waals surface area contributed by atoms with E-state index in [1.54, 1.807) is 7.11 Å². The van der Waals surface area contributed by atoms with Gasteiger partial charge in [-0.1, -0.05) is 0 Å². The van der Waals surface area contributed by atoms with Crippen LogP contribution in [0.4, 0.5) is 11.4 Å². The third kappa shape index (κ3) is 3.25. The number of benzene rings is 1. The van der Waals surface area contributed by atoms with Gasteiger partial charge in [-0.3, -0.25) is 4.79 Å². The van der Waals surface area contributed by atoms with E-state index in [0.717, 1.165) is 25.2 Å². The van der Waals surface area contributed by atoms with E-state index in [-0.39, 0.29) is 5.91 Å². The van der Waals surface area contributed by atoms with E-state index in [2.05, 4.69) is 10.2 Å². The molecule has 1 aliphatic heterocycles. The first-order valence-electron chi connectivity index (χ1n) is 6.97. The highest BCUT2D eigenvalue weighted by Gasteiger charge is 2.22. The molecule has 2 aromatic rings. The molecule has 0 bridgehead atoms. The van der Waals surface area contributed by atoms with Gasteiger partial charge in [0.1, 0.15) is 0 Å². The number of anilines is 2. The number of thiophene rings is 1. The molecule has 1 saturated heterocycles. The summed E-state index contributed by atoms with van der Waals surface area (Å²) in [6.45, 7) is 1.94. The third-order valence-electron chi connectivity index (χ3n) is 3.75. The largest absolute Gasteiger partial charge is 0.380 e. The van der Waals surface area contributed by atoms with E-state index < -0.39 is 0 Å². The second-order valence-corrected chi connectivity index (χ2v) is 5.89. The summed E-state index contributed by atoms with van der Waals surface area (Å²) in [7, 11) is 1.76. The fourth-order valence-electron chi connectivity index (χ4n) is 2.51. The molecule has 21 heavy (non-hydrogen) atoms. The van der Waals surface area contributed by atoms with Crippen LogP contribution in [0.1, 0.15) is 16.8 Å². The Bertz CT molecular complexity index is 595. The molecule has 4 nitrogen and oxygen atoms in total. The zero-order chi connectivity index (χ0) is 14.7. The van der Waals surface area contributed by atoms with Gasteiger partial charge < -0.3 is 15.0 Å². The van der Waals surface area contributed by atoms with E-state index in [0.29, 0.717) is 11.7 Å². The van der Waals surface area contributed by atoms with Gasteiger partial charge in [-0.2, -0.15) is 11.3 Å². The molecule has 0 unspecified atom stereocenters. The molecule has 1 aromatic heterocycles. The fourth-order valence-corrected chi connectivity index (χ4v) is 3.14. The highest BCUT2D eigenvalue weighted by molar-refractivity contribution is 7.08. The maximum atomic E-state index is 12.0. The van der Waals surface area contributed by atoms with Crippen molar-refractivity contribution in [3.63, 3.8) is 0 Å². The number of ether oxygens (including phenoxy) is 1. The van der Waals surface area contributed by atoms with Crippen molar-refractivity contribution in [2.24, 2.45) is 0 Å². The van der Waals surface area contributed by atoms with Crippen LogP contribution in [0, 0.1) is 0 Å². The summed E-state index contributed by atoms with van der Waals surface area (Å²) in [6, 6.07) is 9.80. The van der Waals surface area contributed by atoms with Gasteiger partial charge in [-0.15, -0.1) is 0 Å². The topological polar surface area (TPSA) is 41.6 Å². The van der Waals surface area contributed by atoms with Gasteiger partial charge in [0.05, 0.1) is 11.7 Å². The Morgan fingerprint density at radius 1 is 1.33 bits per heavy atom. The minimum atomic E-state index is -0.0652. The Kier molecular flexibility index (Phi) is 4.22. The fraction of sp³-hybridized carbons (Fsp3) is 0.312. The van der Waals surface area contributed by atoms with Crippen LogP contribution in [0.15, 0.2) is 41.1 Å². The summed E-state index contributed by atoms with van der Waals surface area (Å²) in [4.78, 5) is 14.3. The minimum Gasteiger partial charge on any atom is -0.380 e. The molecule has 0 spiro atoms. The molecule has 1 fully saturated rings. The van der Waals surface area contributed by atoms with Gasteiger partial charge in [0, 0.05) is 37.0 Å². The van der Waals surface area contributed by atoms with E-state index in [1.807, 2.05) is 41.1 Å². The van der Waals surface area contributed by atoms with E-state index in [4.69, 9.17) is 4.74 Å². The number of carbonyl (C=O) groups excluding carboxylic acids is 1. The number of carbonyl (C=O) groups is 1. The standard InChI is InChI=1S/C16H18N2O2S/c1-20-15-6-8-18(10-15)14-4-2-13(3-5-14)17-16(19)12-7-9-21-11-12/h2-5,7,9,11,15H,6,8,10H2,1H3,(H,17,19)/t15-/m1/s1. The van der Waals surface area contributed by atoms with Crippen molar-refractivity contribution in [3.8, 4) is 0 Å². The molecule has 5 heteroatoms. The van der Waals surface area contributed by atoms with Gasteiger partial charge in [-0.25, -0.2) is 0 Å². The van der Waals surface area contributed by atoms with E-state index in [9.17, 15) is 4.79 Å². The lowest BCUT2D eigenvalue weighted by Gasteiger charge is -2.18. The van der Waals surface area contributed by atoms with Crippen molar-refractivity contribution in [2.45, 2.75) is 12.5 Å². The Balaban J connectivity index is 1.63. The third-order valence-corrected chi connectivity index (χ3v) is 4.44. The van der Waals surface area contributed by atoms with Crippen LogP contribution in [-0.4, -0.2) is 32.2 Å². The number of amides is 1. The molecule has 1 N–H and O–H groups in total. The molecule has 110 valence electrons. The normalized spacial score (nSPS) is 18.0. The molecule has 2 heterocycles. The summed E-state index contributed by atoms with van der Waals surface area (Å²) in [5, 5.41) is 6.65. The van der Waals surface area contributed by atoms with E-state index in [1.165, 1.54) is 17.0 Å². The summed E-state index contributed by atoms with van der Waals surface area (Å²) in [5.74, 6) is -0.0652. The summed E-state index contributed by atoms with van der Waals surface area (Å²) in [6.07, 6.45) is 1.38. The predicted molar refractivity (Wildman–Crippen MR) is 86.3 cm³/mol. The molecular formula is C16H18N2O2S. The molecule has 1 atom stereocenters. The Morgan fingerprint density at radius 2 is 2.14 bits per heavy atom. The average molecular weight is 302 g/mol. The molecule has 3 rings (SSSR count). The highest BCUT2D eigenvalue weighted by Crippen LogP contribution is 2.23. The van der Waals surface area contributed by atoms with Crippen LogP contribution in [0.2, 0.25) is 0 Å². The summed E-state index contributed by atoms with van der Waals surface area (Å²) < 4.78 is 5.38. The second-order valence-electron chi connectivity index (χ2n) is 5.11. The average Bonchev–Trinajstić information content (AvgIpc) is 3.19. The molecule has 0 aliphatic carbocycles. The second kappa shape index (κ2) is 6.28. The molecule has 1 aliphatic rings. The lowest BCUT2D eigenvalue weighted by atomic mass is 10.2. The monoisotopic (exact) mass is 302 g/mol. The lowest BCUT2D eigenvalue weighted by molar-refractivity contribution is 0.102. The number of hydrogen-bond acceptors (Lipinski definition) is 4. The van der Waals surface area contributed by atoms with Gasteiger partial charge in [0.15, 0.2) is 0 Å². The molecule has 0 saturated carbocycles. The lowest BCUT2D eigenvalue weighted by Crippen LogP contribution is -2.22. The van der Waals surface area contributed by atoms with Crippen molar-refractivity contribution in [1.82, 2.24) is 0 Å². The van der Waals surface area contributed by atoms with Crippen molar-refractivity contribution in [3.05, 3.63) is 46.7 Å². The molecular weight excluding hydrogens is 284 g/mol. The first-order chi connectivity index (χ1) is 10.3.